The predicted molar refractivity (Wildman–Crippen MR) is 126 cm³/mol. The van der Waals surface area contributed by atoms with Crippen molar-refractivity contribution in [2.75, 3.05) is 26.2 Å². The first-order valence-electron chi connectivity index (χ1n) is 10.8. The summed E-state index contributed by atoms with van der Waals surface area (Å²) in [4.78, 5) is 31.7. The maximum absolute atomic E-state index is 13.9. The third-order valence-electron chi connectivity index (χ3n) is 5.60. The highest BCUT2D eigenvalue weighted by molar-refractivity contribution is 9.10. The van der Waals surface area contributed by atoms with E-state index in [9.17, 15) is 18.4 Å². The number of halogens is 3. The second-order valence-electron chi connectivity index (χ2n) is 7.93. The van der Waals surface area contributed by atoms with Crippen molar-refractivity contribution in [2.24, 2.45) is 0 Å². The Morgan fingerprint density at radius 3 is 2.53 bits per heavy atom. The number of benzene rings is 2. The normalized spacial score (nSPS) is 13.7. The summed E-state index contributed by atoms with van der Waals surface area (Å²) in [6.45, 7) is 4.64. The zero-order chi connectivity index (χ0) is 24.2. The predicted octanol–water partition coefficient (Wildman–Crippen LogP) is 3.27. The first kappa shape index (κ1) is 24.0. The van der Waals surface area contributed by atoms with E-state index in [0.717, 1.165) is 30.8 Å². The fourth-order valence-electron chi connectivity index (χ4n) is 3.67. The number of aromatic nitrogens is 2. The molecule has 0 radical (unpaired) electrons. The number of carbonyl (C=O) groups is 1. The molecule has 34 heavy (non-hydrogen) atoms. The minimum atomic E-state index is -0.736. The molecule has 1 aliphatic rings. The molecule has 10 heteroatoms. The molecule has 2 heterocycles. The number of hydrogen-bond donors (Lipinski definition) is 1. The minimum absolute atomic E-state index is 0.00935. The number of amides is 1. The van der Waals surface area contributed by atoms with Crippen LogP contribution in [-0.2, 0) is 13.2 Å². The van der Waals surface area contributed by atoms with Gasteiger partial charge in [-0.1, -0.05) is 12.1 Å². The van der Waals surface area contributed by atoms with Gasteiger partial charge in [0.1, 0.15) is 28.5 Å². The molecule has 0 unspecified atom stereocenters. The molecule has 1 fully saturated rings. The minimum Gasteiger partial charge on any atom is -0.472 e. The molecule has 178 valence electrons. The second-order valence-corrected chi connectivity index (χ2v) is 8.73. The van der Waals surface area contributed by atoms with Crippen LogP contribution in [0, 0.1) is 18.6 Å². The number of ether oxygens (including phenoxy) is 1. The van der Waals surface area contributed by atoms with Crippen LogP contribution in [0.1, 0.15) is 27.3 Å². The average Bonchev–Trinajstić information content (AvgIpc) is 2.84. The Morgan fingerprint density at radius 2 is 1.85 bits per heavy atom. The Kier molecular flexibility index (Phi) is 7.38. The summed E-state index contributed by atoms with van der Waals surface area (Å²) in [6.07, 6.45) is 0. The molecule has 4 rings (SSSR count). The van der Waals surface area contributed by atoms with E-state index >= 15 is 0 Å². The van der Waals surface area contributed by atoms with Crippen molar-refractivity contribution in [3.05, 3.63) is 91.4 Å². The molecule has 0 aliphatic carbocycles. The van der Waals surface area contributed by atoms with Gasteiger partial charge < -0.3 is 15.0 Å². The van der Waals surface area contributed by atoms with E-state index in [0.29, 0.717) is 24.5 Å². The standard InChI is InChI=1S/C24H23BrF2N4O3/c1-15-29-22(34-14-18-6-7-19(26)12-20(18)27)21(25)24(33)31(15)13-16-2-4-17(5-3-16)23(32)30-10-8-28-9-11-30/h2-7,12,28H,8-11,13-14H2,1H3. The molecule has 2 aromatic carbocycles. The Labute approximate surface area is 203 Å². The number of nitrogens with zero attached hydrogens (tertiary/aromatic N) is 3. The molecule has 0 spiro atoms. The highest BCUT2D eigenvalue weighted by atomic mass is 79.9. The molecular formula is C24H23BrF2N4O3. The Balaban J connectivity index is 1.47. The molecule has 0 atom stereocenters. The van der Waals surface area contributed by atoms with Crippen molar-refractivity contribution in [1.82, 2.24) is 19.8 Å². The first-order valence-corrected chi connectivity index (χ1v) is 11.6. The smallest absolute Gasteiger partial charge is 0.272 e. The summed E-state index contributed by atoms with van der Waals surface area (Å²) in [7, 11) is 0. The summed E-state index contributed by atoms with van der Waals surface area (Å²) < 4.78 is 34.1. The lowest BCUT2D eigenvalue weighted by Gasteiger charge is -2.27. The van der Waals surface area contributed by atoms with Gasteiger partial charge in [0, 0.05) is 43.4 Å². The maximum atomic E-state index is 13.9. The van der Waals surface area contributed by atoms with Gasteiger partial charge in [0.15, 0.2) is 0 Å². The molecule has 0 bridgehead atoms. The number of aryl methyl sites for hydroxylation is 1. The van der Waals surface area contributed by atoms with E-state index in [1.54, 1.807) is 19.1 Å². The third-order valence-corrected chi connectivity index (χ3v) is 6.28. The van der Waals surface area contributed by atoms with Crippen molar-refractivity contribution in [3.8, 4) is 5.88 Å². The molecule has 1 aromatic heterocycles. The van der Waals surface area contributed by atoms with E-state index < -0.39 is 11.6 Å². The summed E-state index contributed by atoms with van der Waals surface area (Å²) in [5, 5.41) is 3.22. The molecule has 1 N–H and O–H groups in total. The van der Waals surface area contributed by atoms with Crippen LogP contribution in [0.5, 0.6) is 5.88 Å². The number of carbonyl (C=O) groups excluding carboxylic acids is 1. The van der Waals surface area contributed by atoms with Gasteiger partial charge >= 0.3 is 0 Å². The van der Waals surface area contributed by atoms with Crippen LogP contribution in [-0.4, -0.2) is 46.5 Å². The van der Waals surface area contributed by atoms with Crippen LogP contribution in [0.3, 0.4) is 0 Å². The molecule has 1 amide bonds. The van der Waals surface area contributed by atoms with Crippen molar-refractivity contribution < 1.29 is 18.3 Å². The van der Waals surface area contributed by atoms with Gasteiger partial charge in [-0.3, -0.25) is 14.2 Å². The van der Waals surface area contributed by atoms with Gasteiger partial charge in [-0.25, -0.2) is 8.78 Å². The quantitative estimate of drug-likeness (QED) is 0.527. The summed E-state index contributed by atoms with van der Waals surface area (Å²) in [6, 6.07) is 10.3. The summed E-state index contributed by atoms with van der Waals surface area (Å²) in [5.41, 5.74) is 1.22. The number of piperazine rings is 1. The topological polar surface area (TPSA) is 76.5 Å². The van der Waals surface area contributed by atoms with Crippen molar-refractivity contribution in [2.45, 2.75) is 20.1 Å². The van der Waals surface area contributed by atoms with Crippen LogP contribution in [0.4, 0.5) is 8.78 Å². The third kappa shape index (κ3) is 5.34. The molecule has 1 aliphatic heterocycles. The van der Waals surface area contributed by atoms with E-state index in [-0.39, 0.29) is 40.5 Å². The van der Waals surface area contributed by atoms with Gasteiger partial charge in [-0.2, -0.15) is 4.98 Å². The largest absolute Gasteiger partial charge is 0.472 e. The number of nitrogens with one attached hydrogen (secondary N) is 1. The molecule has 7 nitrogen and oxygen atoms in total. The van der Waals surface area contributed by atoms with E-state index in [2.05, 4.69) is 26.2 Å². The van der Waals surface area contributed by atoms with Crippen LogP contribution < -0.4 is 15.6 Å². The van der Waals surface area contributed by atoms with E-state index in [1.807, 2.05) is 17.0 Å². The average molecular weight is 533 g/mol. The van der Waals surface area contributed by atoms with Gasteiger partial charge in [0.05, 0.1) is 6.54 Å². The van der Waals surface area contributed by atoms with Crippen LogP contribution in [0.25, 0.3) is 0 Å². The molecule has 0 saturated carbocycles. The lowest BCUT2D eigenvalue weighted by Crippen LogP contribution is -2.46. The van der Waals surface area contributed by atoms with Crippen molar-refractivity contribution in [1.29, 1.82) is 0 Å². The van der Waals surface area contributed by atoms with Gasteiger partial charge in [0.25, 0.3) is 11.5 Å². The maximum Gasteiger partial charge on any atom is 0.272 e. The zero-order valence-electron chi connectivity index (χ0n) is 18.5. The van der Waals surface area contributed by atoms with Gasteiger partial charge in [-0.15, -0.1) is 0 Å². The second kappa shape index (κ2) is 10.4. The molecule has 1 saturated heterocycles. The van der Waals surface area contributed by atoms with Crippen LogP contribution in [0.15, 0.2) is 51.7 Å². The van der Waals surface area contributed by atoms with Crippen LogP contribution >= 0.6 is 15.9 Å². The molecular weight excluding hydrogens is 510 g/mol. The van der Waals surface area contributed by atoms with Crippen molar-refractivity contribution >= 4 is 21.8 Å². The highest BCUT2D eigenvalue weighted by Gasteiger charge is 2.18. The first-order chi connectivity index (χ1) is 16.3. The van der Waals surface area contributed by atoms with Gasteiger partial charge in [0.2, 0.25) is 5.88 Å². The Bertz CT molecular complexity index is 1260. The highest BCUT2D eigenvalue weighted by Crippen LogP contribution is 2.21. The lowest BCUT2D eigenvalue weighted by atomic mass is 10.1. The summed E-state index contributed by atoms with van der Waals surface area (Å²) in [5.74, 6) is -0.992. The SMILES string of the molecule is Cc1nc(OCc2ccc(F)cc2F)c(Br)c(=O)n1Cc1ccc(C(=O)N2CCNCC2)cc1. The van der Waals surface area contributed by atoms with E-state index in [1.165, 1.54) is 10.6 Å². The fraction of sp³-hybridized carbons (Fsp3) is 0.292. The fourth-order valence-corrected chi connectivity index (χ4v) is 4.08. The monoisotopic (exact) mass is 532 g/mol. The molecule has 3 aromatic rings. The lowest BCUT2D eigenvalue weighted by molar-refractivity contribution is 0.0736. The summed E-state index contributed by atoms with van der Waals surface area (Å²) >= 11 is 3.23. The van der Waals surface area contributed by atoms with E-state index in [4.69, 9.17) is 4.74 Å². The van der Waals surface area contributed by atoms with Crippen molar-refractivity contribution in [3.63, 3.8) is 0 Å². The Hall–Kier alpha value is -3.11. The van der Waals surface area contributed by atoms with Gasteiger partial charge in [-0.05, 0) is 52.7 Å². The Morgan fingerprint density at radius 1 is 1.15 bits per heavy atom. The number of hydrogen-bond acceptors (Lipinski definition) is 5. The van der Waals surface area contributed by atoms with Crippen LogP contribution in [0.2, 0.25) is 0 Å². The zero-order valence-corrected chi connectivity index (χ0v) is 20.1. The number of rotatable bonds is 6.